The van der Waals surface area contributed by atoms with Gasteiger partial charge in [-0.1, -0.05) is 223 Å². The highest BCUT2D eigenvalue weighted by Crippen LogP contribution is 2.41. The number of fused-ring (bicyclic) bond motifs is 9. The summed E-state index contributed by atoms with van der Waals surface area (Å²) in [5.74, 6) is 0.695. The Hall–Kier alpha value is -9.17. The highest BCUT2D eigenvalue weighted by atomic mass is 28.3. The molecule has 0 spiro atoms. The lowest BCUT2D eigenvalue weighted by Crippen LogP contribution is -2.74. The Kier molecular flexibility index (Phi) is 9.90. The van der Waals surface area contributed by atoms with Gasteiger partial charge in [-0.15, -0.1) is 0 Å². The summed E-state index contributed by atoms with van der Waals surface area (Å²) in [7, 11) is -2.97. The molecule has 0 atom stereocenters. The van der Waals surface area contributed by atoms with Crippen LogP contribution in [0.2, 0.25) is 0 Å². The molecule has 0 fully saturated rings. The summed E-state index contributed by atoms with van der Waals surface area (Å²) >= 11 is 0. The molecular weight excluding hydrogens is 965 g/mol. The Labute approximate surface area is 461 Å². The van der Waals surface area contributed by atoms with Crippen molar-refractivity contribution in [2.75, 3.05) is 0 Å². The van der Waals surface area contributed by atoms with Gasteiger partial charge in [0.1, 0.15) is 0 Å². The molecule has 4 aromatic heterocycles. The van der Waals surface area contributed by atoms with E-state index in [-0.39, 0.29) is 52.1 Å². The summed E-state index contributed by atoms with van der Waals surface area (Å²) in [6, 6.07) is 76.2. The smallest absolute Gasteiger partial charge is 0.240 e. The van der Waals surface area contributed by atoms with Crippen molar-refractivity contribution in [3.05, 3.63) is 254 Å². The topological polar surface area (TPSA) is 53.5 Å². The molecule has 14 aromatic rings. The maximum absolute atomic E-state index is 10.1. The Morgan fingerprint density at radius 1 is 0.346 bits per heavy atom. The zero-order valence-electron chi connectivity index (χ0n) is 48.5. The lowest BCUT2D eigenvalue weighted by Gasteiger charge is -2.34. The molecule has 14 rings (SSSR count). The Balaban J connectivity index is 1.10. The molecule has 6 nitrogen and oxygen atoms in total. The summed E-state index contributed by atoms with van der Waals surface area (Å²) in [6.45, 7) is 13.2. The van der Waals surface area contributed by atoms with Crippen LogP contribution < -0.4 is 20.7 Å². The van der Waals surface area contributed by atoms with Gasteiger partial charge < -0.3 is 4.57 Å². The molecule has 7 heteroatoms. The molecule has 0 bridgehead atoms. The summed E-state index contributed by atoms with van der Waals surface area (Å²) < 4.78 is 45.0. The van der Waals surface area contributed by atoms with Gasteiger partial charge in [0, 0.05) is 37.9 Å². The molecule has 0 saturated carbocycles. The normalized spacial score (nSPS) is 13.2. The van der Waals surface area contributed by atoms with Crippen LogP contribution >= 0.6 is 0 Å². The molecule has 0 amide bonds. The number of hydrogen-bond donors (Lipinski definition) is 0. The molecule has 0 aliphatic carbocycles. The predicted molar refractivity (Wildman–Crippen MR) is 329 cm³/mol. The van der Waals surface area contributed by atoms with Crippen molar-refractivity contribution in [3.8, 4) is 29.0 Å². The Morgan fingerprint density at radius 2 is 0.718 bits per heavy atom. The van der Waals surface area contributed by atoms with E-state index in [4.69, 9.17) is 15.0 Å². The first-order valence-electron chi connectivity index (χ1n) is 28.8. The van der Waals surface area contributed by atoms with E-state index in [9.17, 15) is 5.48 Å². The van der Waals surface area contributed by atoms with Gasteiger partial charge in [-0.25, -0.2) is 0 Å². The summed E-state index contributed by atoms with van der Waals surface area (Å²) in [4.78, 5) is 16.5. The lowest BCUT2D eigenvalue weighted by atomic mass is 9.85. The van der Waals surface area contributed by atoms with Crippen LogP contribution in [0.15, 0.2) is 243 Å². The lowest BCUT2D eigenvalue weighted by molar-refractivity contribution is 0.590. The van der Waals surface area contributed by atoms with E-state index >= 15 is 0 Å². The average molecular weight is 1030 g/mol. The first-order valence-corrected chi connectivity index (χ1v) is 28.8. The highest BCUT2D eigenvalue weighted by Gasteiger charge is 2.42. The van der Waals surface area contributed by atoms with Crippen molar-refractivity contribution >= 4 is 94.2 Å². The van der Waals surface area contributed by atoms with Gasteiger partial charge in [0.05, 0.1) is 44.3 Å². The number of hydrogen-bond acceptors (Lipinski definition) is 3. The van der Waals surface area contributed by atoms with Crippen LogP contribution in [-0.2, 0) is 10.8 Å². The van der Waals surface area contributed by atoms with Gasteiger partial charge in [0.25, 0.3) is 0 Å². The fourth-order valence-electron chi connectivity index (χ4n) is 12.1. The summed E-state index contributed by atoms with van der Waals surface area (Å²) in [6.07, 6.45) is 0. The second-order valence-electron chi connectivity index (χ2n) is 22.6. The standard InChI is InChI=1S/C71H58N6Si/c1-70(2,3)47-38-41-64-57(44-47)58-45-48(71(4,5)6)39-42-65(58)75(64)63-37-23-19-33-56(63)67-72-68(76-60-34-20-16-30-53(60)54-31-17-21-35-61(54)76)74-69(73-67)77-62-36-22-18-32-55(62)59-46-52(40-43-66(59)77)78(49-24-10-7-11-25-49,50-26-12-8-13-27-50)51-28-14-9-15-29-51/h7-46H,1-6H3/i19D,23D,33D,37D. The quantitative estimate of drug-likeness (QED) is 0.113. The first-order chi connectivity index (χ1) is 39.6. The molecule has 0 N–H and O–H groups in total. The number of aromatic nitrogens is 6. The van der Waals surface area contributed by atoms with Crippen molar-refractivity contribution < 1.29 is 5.48 Å². The van der Waals surface area contributed by atoms with Crippen molar-refractivity contribution in [1.82, 2.24) is 28.7 Å². The zero-order chi connectivity index (χ0) is 56.4. The fourth-order valence-corrected chi connectivity index (χ4v) is 16.9. The van der Waals surface area contributed by atoms with E-state index in [0.717, 1.165) is 76.5 Å². The molecule has 0 aliphatic heterocycles. The Bertz CT molecular complexity index is 4660. The number of para-hydroxylation sites is 4. The highest BCUT2D eigenvalue weighted by molar-refractivity contribution is 7.20. The van der Waals surface area contributed by atoms with E-state index in [0.29, 0.717) is 11.9 Å². The van der Waals surface area contributed by atoms with Crippen molar-refractivity contribution in [2.45, 2.75) is 52.4 Å². The van der Waals surface area contributed by atoms with Gasteiger partial charge in [-0.05, 0) is 103 Å². The van der Waals surface area contributed by atoms with Crippen LogP contribution in [0.1, 0.15) is 58.2 Å². The molecule has 0 aliphatic rings. The third-order valence-corrected chi connectivity index (χ3v) is 20.7. The molecule has 4 heterocycles. The molecule has 78 heavy (non-hydrogen) atoms. The molecule has 0 saturated heterocycles. The summed E-state index contributed by atoms with van der Waals surface area (Å²) in [5.41, 5.74) is 7.48. The monoisotopic (exact) mass is 1030 g/mol. The van der Waals surface area contributed by atoms with Gasteiger partial charge in [-0.3, -0.25) is 9.13 Å². The maximum Gasteiger partial charge on any atom is 0.240 e. The van der Waals surface area contributed by atoms with E-state index in [1.54, 1.807) is 0 Å². The minimum absolute atomic E-state index is 0.0997. The Morgan fingerprint density at radius 3 is 1.18 bits per heavy atom. The third kappa shape index (κ3) is 7.40. The SMILES string of the molecule is [2H]c1c([2H])c([2H])c(-n2c3ccc(C(C)(C)C)cc3c3cc(C(C)(C)C)ccc32)c(-c2nc(-n3c4ccccc4c4ccccc43)nc(-n3c4ccccc4c4cc([Si](c5ccccc5)(c5ccccc5)c5ccccc5)ccc43)n2)c1[2H]. The maximum atomic E-state index is 10.1. The molecule has 376 valence electrons. The predicted octanol–water partition coefficient (Wildman–Crippen LogP) is 14.8. The largest absolute Gasteiger partial charge is 0.309 e. The third-order valence-electron chi connectivity index (χ3n) is 15.9. The van der Waals surface area contributed by atoms with Crippen molar-refractivity contribution in [2.24, 2.45) is 0 Å². The first kappa shape index (κ1) is 43.0. The van der Waals surface area contributed by atoms with Crippen LogP contribution in [0.5, 0.6) is 0 Å². The molecule has 0 radical (unpaired) electrons. The van der Waals surface area contributed by atoms with E-state index < -0.39 is 8.07 Å². The molecule has 10 aromatic carbocycles. The molecule has 0 unspecified atom stereocenters. The second kappa shape index (κ2) is 18.0. The van der Waals surface area contributed by atoms with Crippen LogP contribution in [0, 0.1) is 0 Å². The fraction of sp³-hybridized carbons (Fsp3) is 0.113. The van der Waals surface area contributed by atoms with E-state index in [1.165, 1.54) is 20.7 Å². The van der Waals surface area contributed by atoms with Crippen LogP contribution in [0.25, 0.3) is 94.4 Å². The van der Waals surface area contributed by atoms with Crippen LogP contribution in [0.3, 0.4) is 0 Å². The van der Waals surface area contributed by atoms with E-state index in [1.807, 2.05) is 34.9 Å². The van der Waals surface area contributed by atoms with Gasteiger partial charge >= 0.3 is 0 Å². The van der Waals surface area contributed by atoms with Crippen LogP contribution in [0.4, 0.5) is 0 Å². The second-order valence-corrected chi connectivity index (χ2v) is 26.4. The van der Waals surface area contributed by atoms with Gasteiger partial charge in [0.15, 0.2) is 13.9 Å². The van der Waals surface area contributed by atoms with Crippen molar-refractivity contribution in [1.29, 1.82) is 0 Å². The van der Waals surface area contributed by atoms with E-state index in [2.05, 4.69) is 239 Å². The van der Waals surface area contributed by atoms with Crippen LogP contribution in [-0.4, -0.2) is 36.7 Å². The van der Waals surface area contributed by atoms with Gasteiger partial charge in [0.2, 0.25) is 11.9 Å². The minimum Gasteiger partial charge on any atom is -0.309 e. The van der Waals surface area contributed by atoms with Gasteiger partial charge in [-0.2, -0.15) is 15.0 Å². The number of rotatable bonds is 8. The number of nitrogens with zero attached hydrogens (tertiary/aromatic N) is 6. The number of benzene rings is 10. The van der Waals surface area contributed by atoms with Crippen molar-refractivity contribution in [3.63, 3.8) is 0 Å². The summed E-state index contributed by atoms with van der Waals surface area (Å²) in [5, 5.41) is 11.1. The molecular formula is C71H58N6Si. The average Bonchev–Trinajstić information content (AvgIpc) is 3.11. The minimum atomic E-state index is -2.97. The zero-order valence-corrected chi connectivity index (χ0v) is 45.5.